The van der Waals surface area contributed by atoms with Crippen molar-refractivity contribution in [3.8, 4) is 0 Å². The molecule has 1 aromatic rings. The van der Waals surface area contributed by atoms with E-state index in [4.69, 9.17) is 4.74 Å². The molecule has 2 heterocycles. The molecule has 0 saturated carbocycles. The van der Waals surface area contributed by atoms with Gasteiger partial charge in [0.05, 0.1) is 12.7 Å². The van der Waals surface area contributed by atoms with E-state index in [0.717, 1.165) is 32.8 Å². The molecular weight excluding hydrogens is 208 g/mol. The van der Waals surface area contributed by atoms with Gasteiger partial charge in [-0.2, -0.15) is 0 Å². The minimum Gasteiger partial charge on any atom is -0.374 e. The highest BCUT2D eigenvalue weighted by Crippen LogP contribution is 2.05. The van der Waals surface area contributed by atoms with E-state index in [1.54, 1.807) is 4.68 Å². The molecule has 1 saturated heterocycles. The van der Waals surface area contributed by atoms with Crippen molar-refractivity contribution in [2.45, 2.75) is 13.0 Å². The third-order valence-corrected chi connectivity index (χ3v) is 2.78. The number of hydrogen-bond acceptors (Lipinski definition) is 6. The van der Waals surface area contributed by atoms with Crippen molar-refractivity contribution < 1.29 is 4.74 Å². The van der Waals surface area contributed by atoms with Crippen LogP contribution in [0.1, 0.15) is 6.92 Å². The summed E-state index contributed by atoms with van der Waals surface area (Å²) in [7, 11) is 1.81. The van der Waals surface area contributed by atoms with Crippen LogP contribution < -0.4 is 5.32 Å². The third kappa shape index (κ3) is 2.67. The molecule has 90 valence electrons. The van der Waals surface area contributed by atoms with Crippen molar-refractivity contribution in [1.29, 1.82) is 0 Å². The number of morpholine rings is 1. The number of nitrogens with zero attached hydrogens (tertiary/aromatic N) is 5. The van der Waals surface area contributed by atoms with Gasteiger partial charge >= 0.3 is 0 Å². The molecule has 0 amide bonds. The van der Waals surface area contributed by atoms with Crippen molar-refractivity contribution >= 4 is 5.95 Å². The van der Waals surface area contributed by atoms with Crippen LogP contribution in [0.3, 0.4) is 0 Å². The summed E-state index contributed by atoms with van der Waals surface area (Å²) in [5, 5.41) is 14.4. The average molecular weight is 226 g/mol. The Morgan fingerprint density at radius 1 is 1.56 bits per heavy atom. The van der Waals surface area contributed by atoms with Crippen molar-refractivity contribution in [3.63, 3.8) is 0 Å². The Morgan fingerprint density at radius 3 is 3.12 bits per heavy atom. The minimum atomic E-state index is 0.213. The molecule has 0 spiro atoms. The zero-order valence-corrected chi connectivity index (χ0v) is 9.76. The number of ether oxygens (including phenoxy) is 1. The van der Waals surface area contributed by atoms with Gasteiger partial charge in [-0.15, -0.1) is 0 Å². The summed E-state index contributed by atoms with van der Waals surface area (Å²) < 4.78 is 7.28. The van der Waals surface area contributed by atoms with Gasteiger partial charge in [0.25, 0.3) is 0 Å². The standard InChI is InChI=1S/C9H18N6O/c1-3-15-4-5-16-8(7-15)6-10-9-11-12-13-14(9)2/h8H,3-7H2,1-2H3,(H,10,11,13). The fraction of sp³-hybridized carbons (Fsp3) is 0.889. The van der Waals surface area contributed by atoms with Gasteiger partial charge in [-0.25, -0.2) is 4.68 Å². The first kappa shape index (κ1) is 11.3. The molecule has 1 unspecified atom stereocenters. The van der Waals surface area contributed by atoms with Gasteiger partial charge in [0, 0.05) is 26.7 Å². The Bertz CT molecular complexity index is 328. The molecule has 0 bridgehead atoms. The molecule has 0 radical (unpaired) electrons. The lowest BCUT2D eigenvalue weighted by atomic mass is 10.2. The number of tetrazole rings is 1. The first-order valence-corrected chi connectivity index (χ1v) is 5.59. The summed E-state index contributed by atoms with van der Waals surface area (Å²) in [6.45, 7) is 6.78. The first-order chi connectivity index (χ1) is 7.79. The van der Waals surface area contributed by atoms with E-state index in [1.165, 1.54) is 0 Å². The number of aryl methyl sites for hydroxylation is 1. The largest absolute Gasteiger partial charge is 0.374 e. The SMILES string of the molecule is CCN1CCOC(CNc2nnnn2C)C1. The van der Waals surface area contributed by atoms with Crippen molar-refractivity contribution in [3.05, 3.63) is 0 Å². The molecule has 7 nitrogen and oxygen atoms in total. The zero-order chi connectivity index (χ0) is 11.4. The van der Waals surface area contributed by atoms with Gasteiger partial charge in [-0.05, 0) is 17.0 Å². The number of likely N-dealkylation sites (N-methyl/N-ethyl adjacent to an activating group) is 1. The Labute approximate surface area is 94.8 Å². The van der Waals surface area contributed by atoms with E-state index < -0.39 is 0 Å². The van der Waals surface area contributed by atoms with E-state index in [0.29, 0.717) is 5.95 Å². The van der Waals surface area contributed by atoms with E-state index in [9.17, 15) is 0 Å². The van der Waals surface area contributed by atoms with Gasteiger partial charge in [0.1, 0.15) is 0 Å². The molecule has 16 heavy (non-hydrogen) atoms. The predicted octanol–water partition coefficient (Wildman–Crippen LogP) is -0.657. The summed E-state index contributed by atoms with van der Waals surface area (Å²) in [5.41, 5.74) is 0. The molecule has 1 atom stereocenters. The normalized spacial score (nSPS) is 22.2. The van der Waals surface area contributed by atoms with E-state index >= 15 is 0 Å². The lowest BCUT2D eigenvalue weighted by Crippen LogP contribution is -2.45. The molecule has 7 heteroatoms. The minimum absolute atomic E-state index is 0.213. The van der Waals surface area contributed by atoms with Gasteiger partial charge in [-0.1, -0.05) is 12.0 Å². The highest BCUT2D eigenvalue weighted by atomic mass is 16.5. The van der Waals surface area contributed by atoms with Crippen LogP contribution in [0, 0.1) is 0 Å². The van der Waals surface area contributed by atoms with Gasteiger partial charge in [0.2, 0.25) is 5.95 Å². The van der Waals surface area contributed by atoms with Crippen LogP contribution in [-0.2, 0) is 11.8 Å². The first-order valence-electron chi connectivity index (χ1n) is 5.59. The zero-order valence-electron chi connectivity index (χ0n) is 9.76. The maximum atomic E-state index is 5.67. The van der Waals surface area contributed by atoms with Crippen LogP contribution in [0.2, 0.25) is 0 Å². The topological polar surface area (TPSA) is 68.1 Å². The maximum absolute atomic E-state index is 5.67. The highest BCUT2D eigenvalue weighted by Gasteiger charge is 2.19. The van der Waals surface area contributed by atoms with E-state index in [1.807, 2.05) is 7.05 Å². The van der Waals surface area contributed by atoms with Crippen molar-refractivity contribution in [2.75, 3.05) is 38.1 Å². The second kappa shape index (κ2) is 5.22. The third-order valence-electron chi connectivity index (χ3n) is 2.78. The lowest BCUT2D eigenvalue weighted by molar-refractivity contribution is -0.0192. The molecule has 1 aromatic heterocycles. The van der Waals surface area contributed by atoms with Crippen LogP contribution in [0.15, 0.2) is 0 Å². The maximum Gasteiger partial charge on any atom is 0.242 e. The van der Waals surface area contributed by atoms with Gasteiger partial charge in [0.15, 0.2) is 0 Å². The molecular formula is C9H18N6O. The highest BCUT2D eigenvalue weighted by molar-refractivity contribution is 5.21. The number of hydrogen-bond donors (Lipinski definition) is 1. The number of rotatable bonds is 4. The molecule has 0 aromatic carbocycles. The second-order valence-corrected chi connectivity index (χ2v) is 3.89. The summed E-state index contributed by atoms with van der Waals surface area (Å²) in [6, 6.07) is 0. The van der Waals surface area contributed by atoms with Gasteiger partial charge < -0.3 is 10.1 Å². The summed E-state index contributed by atoms with van der Waals surface area (Å²) in [4.78, 5) is 2.38. The summed E-state index contributed by atoms with van der Waals surface area (Å²) in [5.74, 6) is 0.678. The Hall–Kier alpha value is -1.21. The molecule has 1 fully saturated rings. The second-order valence-electron chi connectivity index (χ2n) is 3.89. The van der Waals surface area contributed by atoms with Gasteiger partial charge in [-0.3, -0.25) is 4.90 Å². The smallest absolute Gasteiger partial charge is 0.242 e. The monoisotopic (exact) mass is 226 g/mol. The fourth-order valence-corrected chi connectivity index (χ4v) is 1.78. The average Bonchev–Trinajstić information content (AvgIpc) is 2.72. The van der Waals surface area contributed by atoms with Crippen LogP contribution in [0.25, 0.3) is 0 Å². The quantitative estimate of drug-likeness (QED) is 0.735. The molecule has 1 aliphatic heterocycles. The van der Waals surface area contributed by atoms with Crippen LogP contribution in [-0.4, -0.2) is 64.0 Å². The number of aromatic nitrogens is 4. The van der Waals surface area contributed by atoms with Crippen LogP contribution >= 0.6 is 0 Å². The van der Waals surface area contributed by atoms with E-state index in [-0.39, 0.29) is 6.10 Å². The Morgan fingerprint density at radius 2 is 2.44 bits per heavy atom. The van der Waals surface area contributed by atoms with Crippen LogP contribution in [0.5, 0.6) is 0 Å². The Kier molecular flexibility index (Phi) is 3.68. The number of nitrogens with one attached hydrogen (secondary N) is 1. The van der Waals surface area contributed by atoms with E-state index in [2.05, 4.69) is 32.7 Å². The Balaban J connectivity index is 1.79. The van der Waals surface area contributed by atoms with Crippen molar-refractivity contribution in [2.24, 2.45) is 7.05 Å². The molecule has 0 aliphatic carbocycles. The van der Waals surface area contributed by atoms with Crippen molar-refractivity contribution in [1.82, 2.24) is 25.1 Å². The fourth-order valence-electron chi connectivity index (χ4n) is 1.78. The molecule has 2 rings (SSSR count). The lowest BCUT2D eigenvalue weighted by Gasteiger charge is -2.32. The molecule has 1 aliphatic rings. The van der Waals surface area contributed by atoms with Crippen LogP contribution in [0.4, 0.5) is 5.95 Å². The summed E-state index contributed by atoms with van der Waals surface area (Å²) >= 11 is 0. The predicted molar refractivity (Wildman–Crippen MR) is 59.1 cm³/mol. The summed E-state index contributed by atoms with van der Waals surface area (Å²) in [6.07, 6.45) is 0.213. The molecule has 1 N–H and O–H groups in total. The number of anilines is 1.